The highest BCUT2D eigenvalue weighted by Gasteiger charge is 2.28. The van der Waals surface area contributed by atoms with Crippen LogP contribution in [0.3, 0.4) is 0 Å². The van der Waals surface area contributed by atoms with E-state index in [0.717, 1.165) is 24.9 Å². The number of likely N-dealkylation sites (tertiary alicyclic amines) is 1. The van der Waals surface area contributed by atoms with Crippen LogP contribution >= 0.6 is 0 Å². The number of benzene rings is 1. The Balaban J connectivity index is 1.83. The molecule has 132 valence electrons. The first-order chi connectivity index (χ1) is 11.5. The molecule has 2 atom stereocenters. The largest absolute Gasteiger partial charge is 0.481 e. The molecule has 1 aliphatic rings. The highest BCUT2D eigenvalue weighted by Crippen LogP contribution is 2.17. The summed E-state index contributed by atoms with van der Waals surface area (Å²) in [6.07, 6.45) is 1.53. The lowest BCUT2D eigenvalue weighted by Gasteiger charge is -2.37. The van der Waals surface area contributed by atoms with Gasteiger partial charge in [0.25, 0.3) is 0 Å². The Hall–Kier alpha value is -2.08. The number of carboxylic acids is 1. The van der Waals surface area contributed by atoms with Crippen molar-refractivity contribution >= 4 is 12.1 Å². The van der Waals surface area contributed by atoms with Gasteiger partial charge in [0.2, 0.25) is 0 Å². The van der Waals surface area contributed by atoms with Gasteiger partial charge in [-0.15, -0.1) is 0 Å². The van der Waals surface area contributed by atoms with E-state index in [4.69, 9.17) is 9.84 Å². The van der Waals surface area contributed by atoms with E-state index >= 15 is 0 Å². The molecule has 0 aromatic heterocycles. The molecule has 0 saturated carbocycles. The minimum Gasteiger partial charge on any atom is -0.481 e. The van der Waals surface area contributed by atoms with Crippen LogP contribution < -0.4 is 0 Å². The van der Waals surface area contributed by atoms with E-state index in [0.29, 0.717) is 13.1 Å². The Bertz CT molecular complexity index is 549. The zero-order valence-corrected chi connectivity index (χ0v) is 14.4. The number of likely N-dealkylation sites (N-methyl/N-ethyl adjacent to an activating group) is 1. The zero-order chi connectivity index (χ0) is 17.5. The Kier molecular flexibility index (Phi) is 6.61. The molecule has 1 fully saturated rings. The predicted octanol–water partition coefficient (Wildman–Crippen LogP) is 2.44. The molecule has 24 heavy (non-hydrogen) atoms. The van der Waals surface area contributed by atoms with E-state index in [1.807, 2.05) is 30.3 Å². The zero-order valence-electron chi connectivity index (χ0n) is 14.4. The molecule has 1 aromatic carbocycles. The molecule has 0 radical (unpaired) electrons. The SMILES string of the molecule is CC(CN1CCCC(N(C)C(=O)OCc2ccccc2)C1)C(=O)O. The summed E-state index contributed by atoms with van der Waals surface area (Å²) in [5, 5.41) is 9.04. The molecule has 0 bridgehead atoms. The summed E-state index contributed by atoms with van der Waals surface area (Å²) in [5.41, 5.74) is 0.958. The van der Waals surface area contributed by atoms with Crippen LogP contribution in [-0.2, 0) is 16.1 Å². The summed E-state index contributed by atoms with van der Waals surface area (Å²) in [5.74, 6) is -1.19. The fourth-order valence-electron chi connectivity index (χ4n) is 2.95. The van der Waals surface area contributed by atoms with E-state index < -0.39 is 11.9 Å². The van der Waals surface area contributed by atoms with Gasteiger partial charge in [-0.25, -0.2) is 4.79 Å². The minimum absolute atomic E-state index is 0.0584. The van der Waals surface area contributed by atoms with Crippen molar-refractivity contribution in [1.29, 1.82) is 0 Å². The van der Waals surface area contributed by atoms with Gasteiger partial charge in [-0.3, -0.25) is 4.79 Å². The van der Waals surface area contributed by atoms with Crippen molar-refractivity contribution < 1.29 is 19.4 Å². The van der Waals surface area contributed by atoms with Gasteiger partial charge in [0, 0.05) is 26.2 Å². The summed E-state index contributed by atoms with van der Waals surface area (Å²) in [6, 6.07) is 9.64. The van der Waals surface area contributed by atoms with Crippen molar-refractivity contribution in [3.05, 3.63) is 35.9 Å². The first-order valence-corrected chi connectivity index (χ1v) is 8.36. The molecule has 2 unspecified atom stereocenters. The topological polar surface area (TPSA) is 70.1 Å². The van der Waals surface area contributed by atoms with Crippen molar-refractivity contribution in [2.75, 3.05) is 26.7 Å². The number of rotatable bonds is 6. The number of carboxylic acid groups (broad SMARTS) is 1. The molecule has 1 heterocycles. The van der Waals surface area contributed by atoms with Crippen LogP contribution in [-0.4, -0.2) is 59.7 Å². The molecule has 1 aromatic rings. The normalized spacial score (nSPS) is 19.5. The highest BCUT2D eigenvalue weighted by atomic mass is 16.6. The van der Waals surface area contributed by atoms with Crippen molar-refractivity contribution in [3.63, 3.8) is 0 Å². The van der Waals surface area contributed by atoms with Crippen LogP contribution in [0.2, 0.25) is 0 Å². The maximum atomic E-state index is 12.2. The molecule has 6 nitrogen and oxygen atoms in total. The highest BCUT2D eigenvalue weighted by molar-refractivity contribution is 5.69. The summed E-state index contributed by atoms with van der Waals surface area (Å²) in [6.45, 7) is 4.05. The number of aliphatic carboxylic acids is 1. The molecule has 0 aliphatic carbocycles. The molecule has 2 rings (SSSR count). The number of nitrogens with zero attached hydrogens (tertiary/aromatic N) is 2. The van der Waals surface area contributed by atoms with Crippen LogP contribution in [0.15, 0.2) is 30.3 Å². The molecule has 1 saturated heterocycles. The average Bonchev–Trinajstić information content (AvgIpc) is 2.60. The fraction of sp³-hybridized carbons (Fsp3) is 0.556. The molecular weight excluding hydrogens is 308 g/mol. The summed E-state index contributed by atoms with van der Waals surface area (Å²) < 4.78 is 5.37. The first-order valence-electron chi connectivity index (χ1n) is 8.36. The first kappa shape index (κ1) is 18.3. The molecule has 0 spiro atoms. The quantitative estimate of drug-likeness (QED) is 0.865. The average molecular weight is 334 g/mol. The third-order valence-corrected chi connectivity index (χ3v) is 4.48. The third kappa shape index (κ3) is 5.23. The lowest BCUT2D eigenvalue weighted by molar-refractivity contribution is -0.141. The van der Waals surface area contributed by atoms with Crippen LogP contribution in [0.25, 0.3) is 0 Å². The summed E-state index contributed by atoms with van der Waals surface area (Å²) >= 11 is 0. The Morgan fingerprint density at radius 2 is 2.08 bits per heavy atom. The smallest absolute Gasteiger partial charge is 0.410 e. The molecule has 1 N–H and O–H groups in total. The molecule has 6 heteroatoms. The van der Waals surface area contributed by atoms with Gasteiger partial charge in [-0.2, -0.15) is 0 Å². The number of piperidine rings is 1. The van der Waals surface area contributed by atoms with Gasteiger partial charge in [0.15, 0.2) is 0 Å². The Morgan fingerprint density at radius 3 is 2.75 bits per heavy atom. The van der Waals surface area contributed by atoms with Crippen molar-refractivity contribution in [2.45, 2.75) is 32.4 Å². The number of hydrogen-bond acceptors (Lipinski definition) is 4. The summed E-state index contributed by atoms with van der Waals surface area (Å²) in [7, 11) is 1.75. The van der Waals surface area contributed by atoms with E-state index in [2.05, 4.69) is 4.90 Å². The standard InChI is InChI=1S/C18H26N2O4/c1-14(17(21)22)11-20-10-6-9-16(12-20)19(2)18(23)24-13-15-7-4-3-5-8-15/h3-5,7-8,14,16H,6,9-13H2,1-2H3,(H,21,22). The van der Waals surface area contributed by atoms with Gasteiger partial charge in [0.1, 0.15) is 6.61 Å². The number of carbonyl (C=O) groups is 2. The van der Waals surface area contributed by atoms with Crippen LogP contribution in [0, 0.1) is 5.92 Å². The van der Waals surface area contributed by atoms with Gasteiger partial charge in [-0.1, -0.05) is 37.3 Å². The molecule has 1 amide bonds. The molecule has 1 aliphatic heterocycles. The van der Waals surface area contributed by atoms with Crippen molar-refractivity contribution in [1.82, 2.24) is 9.80 Å². The van der Waals surface area contributed by atoms with E-state index in [1.165, 1.54) is 0 Å². The fourth-order valence-corrected chi connectivity index (χ4v) is 2.95. The van der Waals surface area contributed by atoms with Gasteiger partial charge in [-0.05, 0) is 24.9 Å². The van der Waals surface area contributed by atoms with Gasteiger partial charge >= 0.3 is 12.1 Å². The molecular formula is C18H26N2O4. The predicted molar refractivity (Wildman–Crippen MR) is 90.7 cm³/mol. The third-order valence-electron chi connectivity index (χ3n) is 4.48. The van der Waals surface area contributed by atoms with E-state index in [-0.39, 0.29) is 18.7 Å². The van der Waals surface area contributed by atoms with Crippen LogP contribution in [0.4, 0.5) is 4.79 Å². The van der Waals surface area contributed by atoms with Crippen LogP contribution in [0.5, 0.6) is 0 Å². The number of amides is 1. The van der Waals surface area contributed by atoms with Gasteiger partial charge in [0.05, 0.1) is 5.92 Å². The second-order valence-corrected chi connectivity index (χ2v) is 6.45. The minimum atomic E-state index is -0.784. The van der Waals surface area contributed by atoms with Crippen LogP contribution in [0.1, 0.15) is 25.3 Å². The van der Waals surface area contributed by atoms with Crippen molar-refractivity contribution in [3.8, 4) is 0 Å². The maximum absolute atomic E-state index is 12.2. The Morgan fingerprint density at radius 1 is 1.38 bits per heavy atom. The summed E-state index contributed by atoms with van der Waals surface area (Å²) in [4.78, 5) is 27.0. The van der Waals surface area contributed by atoms with Crippen molar-refractivity contribution in [2.24, 2.45) is 5.92 Å². The van der Waals surface area contributed by atoms with Gasteiger partial charge < -0.3 is 19.6 Å². The second-order valence-electron chi connectivity index (χ2n) is 6.45. The second kappa shape index (κ2) is 8.68. The number of ether oxygens (including phenoxy) is 1. The number of carbonyl (C=O) groups excluding carboxylic acids is 1. The monoisotopic (exact) mass is 334 g/mol. The Labute approximate surface area is 143 Å². The van der Waals surface area contributed by atoms with E-state index in [1.54, 1.807) is 18.9 Å². The lowest BCUT2D eigenvalue weighted by atomic mass is 10.0. The number of hydrogen-bond donors (Lipinski definition) is 1. The lowest BCUT2D eigenvalue weighted by Crippen LogP contribution is -2.49. The van der Waals surface area contributed by atoms with E-state index in [9.17, 15) is 9.59 Å². The maximum Gasteiger partial charge on any atom is 0.410 e.